The fourth-order valence-corrected chi connectivity index (χ4v) is 4.68. The molecule has 1 aliphatic heterocycles. The van der Waals surface area contributed by atoms with E-state index < -0.39 is 0 Å². The van der Waals surface area contributed by atoms with Crippen LogP contribution < -0.4 is 0 Å². The van der Waals surface area contributed by atoms with Crippen LogP contribution in [0.2, 0.25) is 0 Å². The molecule has 1 amide bonds. The maximum absolute atomic E-state index is 12.9. The van der Waals surface area contributed by atoms with Crippen molar-refractivity contribution in [1.29, 1.82) is 0 Å². The van der Waals surface area contributed by atoms with Gasteiger partial charge in [0.05, 0.1) is 10.9 Å². The van der Waals surface area contributed by atoms with Crippen LogP contribution in [0.25, 0.3) is 0 Å². The molecule has 2 aromatic heterocycles. The van der Waals surface area contributed by atoms with E-state index in [1.54, 1.807) is 18.3 Å². The second-order valence-corrected chi connectivity index (χ2v) is 7.23. The highest BCUT2D eigenvalue weighted by molar-refractivity contribution is 7.14. The molecule has 116 valence electrons. The molecule has 0 aromatic carbocycles. The van der Waals surface area contributed by atoms with Crippen molar-refractivity contribution >= 4 is 17.2 Å². The minimum absolute atomic E-state index is 0.0379. The van der Waals surface area contributed by atoms with Crippen molar-refractivity contribution in [3.05, 3.63) is 33.1 Å². The first kappa shape index (κ1) is 13.9. The third-order valence-electron chi connectivity index (χ3n) is 4.56. The summed E-state index contributed by atoms with van der Waals surface area (Å²) in [4.78, 5) is 21.4. The molecule has 3 heterocycles. The number of amides is 1. The van der Waals surface area contributed by atoms with Gasteiger partial charge < -0.3 is 9.42 Å². The van der Waals surface area contributed by atoms with Gasteiger partial charge in [0.1, 0.15) is 0 Å². The average Bonchev–Trinajstić information content (AvgIpc) is 3.24. The molecule has 4 rings (SSSR count). The molecule has 0 radical (unpaired) electrons. The fourth-order valence-electron chi connectivity index (χ4n) is 3.47. The predicted molar refractivity (Wildman–Crippen MR) is 83.0 cm³/mol. The third kappa shape index (κ3) is 2.35. The fraction of sp³-hybridized carbons (Fsp3) is 0.562. The zero-order chi connectivity index (χ0) is 15.1. The van der Waals surface area contributed by atoms with E-state index in [0.717, 1.165) is 37.1 Å². The Hall–Kier alpha value is -1.69. The van der Waals surface area contributed by atoms with Crippen molar-refractivity contribution in [2.45, 2.75) is 51.5 Å². The lowest BCUT2D eigenvalue weighted by molar-refractivity contribution is 0.0733. The molecule has 5 nitrogen and oxygen atoms in total. The molecule has 22 heavy (non-hydrogen) atoms. The number of thiophene rings is 1. The average molecular weight is 317 g/mol. The molecule has 6 heteroatoms. The molecule has 0 unspecified atom stereocenters. The van der Waals surface area contributed by atoms with Crippen LogP contribution in [-0.2, 0) is 12.8 Å². The van der Waals surface area contributed by atoms with Crippen molar-refractivity contribution in [2.24, 2.45) is 0 Å². The van der Waals surface area contributed by atoms with Gasteiger partial charge in [-0.05, 0) is 50.2 Å². The maximum Gasteiger partial charge on any atom is 0.264 e. The third-order valence-corrected chi connectivity index (χ3v) is 5.79. The van der Waals surface area contributed by atoms with Gasteiger partial charge in [-0.25, -0.2) is 0 Å². The Bertz CT molecular complexity index is 683. The Morgan fingerprint density at radius 1 is 1.36 bits per heavy atom. The Balaban J connectivity index is 1.60. The molecular formula is C16H19N3O2S. The molecule has 1 saturated heterocycles. The number of hydrogen-bond acceptors (Lipinski definition) is 5. The Kier molecular flexibility index (Phi) is 3.48. The normalized spacial score (nSPS) is 21.1. The summed E-state index contributed by atoms with van der Waals surface area (Å²) >= 11 is 1.68. The van der Waals surface area contributed by atoms with E-state index in [-0.39, 0.29) is 11.9 Å². The topological polar surface area (TPSA) is 59.2 Å². The second kappa shape index (κ2) is 5.50. The van der Waals surface area contributed by atoms with Crippen LogP contribution in [0.1, 0.15) is 63.6 Å². The van der Waals surface area contributed by atoms with Crippen LogP contribution in [0.4, 0.5) is 0 Å². The zero-order valence-corrected chi connectivity index (χ0v) is 13.5. The summed E-state index contributed by atoms with van der Waals surface area (Å²) in [5, 5.41) is 4.01. The van der Waals surface area contributed by atoms with Crippen molar-refractivity contribution in [1.82, 2.24) is 15.0 Å². The highest BCUT2D eigenvalue weighted by Gasteiger charge is 2.34. The van der Waals surface area contributed by atoms with Crippen LogP contribution >= 0.6 is 11.3 Å². The molecular weight excluding hydrogens is 298 g/mol. The molecule has 2 aromatic rings. The predicted octanol–water partition coefficient (Wildman–Crippen LogP) is 3.30. The van der Waals surface area contributed by atoms with Crippen LogP contribution in [0.5, 0.6) is 0 Å². The largest absolute Gasteiger partial charge is 0.340 e. The van der Waals surface area contributed by atoms with E-state index in [1.165, 1.54) is 23.3 Å². The molecule has 0 spiro atoms. The van der Waals surface area contributed by atoms with Crippen LogP contribution in [0.15, 0.2) is 10.6 Å². The summed E-state index contributed by atoms with van der Waals surface area (Å²) in [6.45, 7) is 2.56. The molecule has 0 bridgehead atoms. The van der Waals surface area contributed by atoms with E-state index in [9.17, 15) is 4.79 Å². The molecule has 1 fully saturated rings. The second-order valence-electron chi connectivity index (χ2n) is 6.09. The Labute approximate surface area is 133 Å². The van der Waals surface area contributed by atoms with Gasteiger partial charge in [-0.15, -0.1) is 11.3 Å². The number of hydrogen-bond donors (Lipinski definition) is 0. The number of aromatic nitrogens is 2. The van der Waals surface area contributed by atoms with Gasteiger partial charge >= 0.3 is 0 Å². The summed E-state index contributed by atoms with van der Waals surface area (Å²) in [6, 6.07) is 2.07. The summed E-state index contributed by atoms with van der Waals surface area (Å²) in [6.07, 6.45) is 6.64. The number of aryl methyl sites for hydroxylation is 3. The number of rotatable bonds is 2. The summed E-state index contributed by atoms with van der Waals surface area (Å²) < 4.78 is 5.08. The van der Waals surface area contributed by atoms with Gasteiger partial charge in [0.2, 0.25) is 5.89 Å². The first-order valence-corrected chi connectivity index (χ1v) is 8.77. The van der Waals surface area contributed by atoms with Gasteiger partial charge in [0, 0.05) is 18.3 Å². The highest BCUT2D eigenvalue weighted by atomic mass is 32.1. The Morgan fingerprint density at radius 3 is 3.00 bits per heavy atom. The van der Waals surface area contributed by atoms with E-state index in [1.807, 2.05) is 4.90 Å². The molecule has 2 aliphatic rings. The molecule has 1 atom stereocenters. The maximum atomic E-state index is 12.9. The van der Waals surface area contributed by atoms with Crippen LogP contribution in [-0.4, -0.2) is 27.5 Å². The summed E-state index contributed by atoms with van der Waals surface area (Å²) in [5.74, 6) is 1.33. The van der Waals surface area contributed by atoms with Gasteiger partial charge in [0.25, 0.3) is 5.91 Å². The van der Waals surface area contributed by atoms with Gasteiger partial charge in [-0.2, -0.15) is 4.98 Å². The minimum atomic E-state index is -0.0379. The minimum Gasteiger partial charge on any atom is -0.340 e. The molecule has 0 N–H and O–H groups in total. The molecule has 1 aliphatic carbocycles. The first-order valence-electron chi connectivity index (χ1n) is 7.95. The standard InChI is InChI=1S/C16H19N3O2S/c1-10-17-15(18-21-10)12-6-4-8-19(12)16(20)14-9-11-5-2-3-7-13(11)22-14/h9,12H,2-8H2,1H3/t12-/m1/s1. The number of nitrogens with zero attached hydrogens (tertiary/aromatic N) is 3. The number of carbonyl (C=O) groups excluding carboxylic acids is 1. The van der Waals surface area contributed by atoms with Crippen molar-refractivity contribution < 1.29 is 9.32 Å². The molecule has 0 saturated carbocycles. The van der Waals surface area contributed by atoms with Crippen molar-refractivity contribution in [3.8, 4) is 0 Å². The SMILES string of the molecule is Cc1nc([C@H]2CCCN2C(=O)c2cc3c(s2)CCCC3)no1. The lowest BCUT2D eigenvalue weighted by Gasteiger charge is -2.21. The van der Waals surface area contributed by atoms with E-state index in [2.05, 4.69) is 16.2 Å². The number of likely N-dealkylation sites (tertiary alicyclic amines) is 1. The highest BCUT2D eigenvalue weighted by Crippen LogP contribution is 2.35. The van der Waals surface area contributed by atoms with E-state index in [0.29, 0.717) is 11.7 Å². The number of fused-ring (bicyclic) bond motifs is 1. The van der Waals surface area contributed by atoms with Gasteiger partial charge in [0.15, 0.2) is 5.82 Å². The first-order chi connectivity index (χ1) is 10.7. The van der Waals surface area contributed by atoms with Crippen molar-refractivity contribution in [3.63, 3.8) is 0 Å². The quantitative estimate of drug-likeness (QED) is 0.853. The van der Waals surface area contributed by atoms with Gasteiger partial charge in [-0.3, -0.25) is 4.79 Å². The monoisotopic (exact) mass is 317 g/mol. The van der Waals surface area contributed by atoms with Crippen LogP contribution in [0.3, 0.4) is 0 Å². The van der Waals surface area contributed by atoms with E-state index >= 15 is 0 Å². The van der Waals surface area contributed by atoms with E-state index in [4.69, 9.17) is 4.52 Å². The lowest BCUT2D eigenvalue weighted by atomic mass is 9.99. The zero-order valence-electron chi connectivity index (χ0n) is 12.7. The van der Waals surface area contributed by atoms with Gasteiger partial charge in [-0.1, -0.05) is 5.16 Å². The number of carbonyl (C=O) groups is 1. The summed E-state index contributed by atoms with van der Waals surface area (Å²) in [5.41, 5.74) is 1.38. The summed E-state index contributed by atoms with van der Waals surface area (Å²) in [7, 11) is 0. The Morgan fingerprint density at radius 2 is 2.23 bits per heavy atom. The lowest BCUT2D eigenvalue weighted by Crippen LogP contribution is -2.30. The van der Waals surface area contributed by atoms with Crippen LogP contribution in [0, 0.1) is 6.92 Å². The smallest absolute Gasteiger partial charge is 0.264 e. The van der Waals surface area contributed by atoms with Crippen molar-refractivity contribution in [2.75, 3.05) is 6.54 Å².